The van der Waals surface area contributed by atoms with Gasteiger partial charge >= 0.3 is 0 Å². The Labute approximate surface area is 140 Å². The minimum atomic E-state index is -0.853. The van der Waals surface area contributed by atoms with Crippen LogP contribution in [0, 0.1) is 11.6 Å². The van der Waals surface area contributed by atoms with Crippen molar-refractivity contribution in [2.75, 3.05) is 6.54 Å². The third kappa shape index (κ3) is 7.90. The number of rotatable bonds is 7. The first kappa shape index (κ1) is 21.3. The van der Waals surface area contributed by atoms with Crippen LogP contribution >= 0.6 is 12.4 Å². The monoisotopic (exact) mass is 349 g/mol. The Hall–Kier alpha value is -1.73. The summed E-state index contributed by atoms with van der Waals surface area (Å²) in [5.41, 5.74) is 5.65. The van der Waals surface area contributed by atoms with Crippen LogP contribution in [0.2, 0.25) is 0 Å². The topological polar surface area (TPSA) is 84.2 Å². The lowest BCUT2D eigenvalue weighted by Crippen LogP contribution is -2.34. The summed E-state index contributed by atoms with van der Waals surface area (Å²) in [6.07, 6.45) is 0.475. The van der Waals surface area contributed by atoms with Crippen molar-refractivity contribution in [1.29, 1.82) is 0 Å². The van der Waals surface area contributed by atoms with Gasteiger partial charge in [-0.25, -0.2) is 8.78 Å². The van der Waals surface area contributed by atoms with Crippen LogP contribution in [0.15, 0.2) is 18.2 Å². The number of amides is 2. The fourth-order valence-corrected chi connectivity index (χ4v) is 1.97. The number of hydrogen-bond donors (Lipinski definition) is 3. The zero-order valence-electron chi connectivity index (χ0n) is 13.1. The van der Waals surface area contributed by atoms with Gasteiger partial charge in [-0.2, -0.15) is 0 Å². The molecule has 23 heavy (non-hydrogen) atoms. The molecule has 1 aromatic carbocycles. The molecular weight excluding hydrogens is 328 g/mol. The number of benzene rings is 1. The molecule has 0 fully saturated rings. The van der Waals surface area contributed by atoms with Gasteiger partial charge in [0.15, 0.2) is 0 Å². The summed E-state index contributed by atoms with van der Waals surface area (Å²) in [5.74, 6) is -2.27. The summed E-state index contributed by atoms with van der Waals surface area (Å²) < 4.78 is 26.8. The van der Waals surface area contributed by atoms with E-state index in [-0.39, 0.29) is 36.3 Å². The first-order valence-electron chi connectivity index (χ1n) is 7.04. The van der Waals surface area contributed by atoms with Crippen LogP contribution < -0.4 is 16.4 Å². The van der Waals surface area contributed by atoms with Gasteiger partial charge in [-0.3, -0.25) is 9.59 Å². The minimum Gasteiger partial charge on any atom is -0.356 e. The average Bonchev–Trinajstić information content (AvgIpc) is 2.36. The van der Waals surface area contributed by atoms with Crippen molar-refractivity contribution in [1.82, 2.24) is 10.6 Å². The van der Waals surface area contributed by atoms with Crippen molar-refractivity contribution >= 4 is 24.2 Å². The first-order valence-corrected chi connectivity index (χ1v) is 7.04. The van der Waals surface area contributed by atoms with Gasteiger partial charge in [0.2, 0.25) is 11.8 Å². The van der Waals surface area contributed by atoms with Crippen LogP contribution in [0.25, 0.3) is 0 Å². The fourth-order valence-electron chi connectivity index (χ4n) is 1.97. The Balaban J connectivity index is 0.00000484. The third-order valence-corrected chi connectivity index (χ3v) is 3.03. The van der Waals surface area contributed by atoms with E-state index in [1.165, 1.54) is 13.0 Å². The molecule has 0 aromatic heterocycles. The van der Waals surface area contributed by atoms with E-state index < -0.39 is 23.6 Å². The van der Waals surface area contributed by atoms with Gasteiger partial charge in [-0.05, 0) is 19.4 Å². The second-order valence-electron chi connectivity index (χ2n) is 5.24. The lowest BCUT2D eigenvalue weighted by Gasteiger charge is -2.19. The van der Waals surface area contributed by atoms with Crippen LogP contribution in [0.5, 0.6) is 0 Å². The molecule has 2 atom stereocenters. The largest absolute Gasteiger partial charge is 0.356 e. The number of hydrogen-bond acceptors (Lipinski definition) is 3. The molecule has 0 saturated heterocycles. The van der Waals surface area contributed by atoms with Crippen molar-refractivity contribution in [3.05, 3.63) is 35.4 Å². The highest BCUT2D eigenvalue weighted by Gasteiger charge is 2.20. The van der Waals surface area contributed by atoms with Crippen LogP contribution in [0.3, 0.4) is 0 Å². The summed E-state index contributed by atoms with van der Waals surface area (Å²) in [4.78, 5) is 23.1. The molecule has 1 rings (SSSR count). The molecule has 2 unspecified atom stereocenters. The van der Waals surface area contributed by atoms with Crippen molar-refractivity contribution < 1.29 is 18.4 Å². The van der Waals surface area contributed by atoms with Crippen molar-refractivity contribution in [3.8, 4) is 0 Å². The molecule has 130 valence electrons. The zero-order chi connectivity index (χ0) is 16.7. The molecule has 0 aliphatic rings. The summed E-state index contributed by atoms with van der Waals surface area (Å²) in [5, 5.41) is 5.15. The molecule has 8 heteroatoms. The maximum absolute atomic E-state index is 13.8. The van der Waals surface area contributed by atoms with Crippen LogP contribution in [-0.2, 0) is 9.59 Å². The lowest BCUT2D eigenvalue weighted by atomic mass is 10.0. The van der Waals surface area contributed by atoms with E-state index in [1.54, 1.807) is 0 Å². The van der Waals surface area contributed by atoms with Gasteiger partial charge in [0, 0.05) is 31.1 Å². The highest BCUT2D eigenvalue weighted by Crippen LogP contribution is 2.21. The van der Waals surface area contributed by atoms with Gasteiger partial charge in [-0.15, -0.1) is 12.4 Å². The summed E-state index contributed by atoms with van der Waals surface area (Å²) in [7, 11) is 0. The molecule has 0 radical (unpaired) electrons. The van der Waals surface area contributed by atoms with E-state index in [2.05, 4.69) is 10.6 Å². The Morgan fingerprint density at radius 1 is 1.30 bits per heavy atom. The summed E-state index contributed by atoms with van der Waals surface area (Å²) in [6, 6.07) is 2.13. The van der Waals surface area contributed by atoms with Gasteiger partial charge < -0.3 is 16.4 Å². The molecule has 0 saturated carbocycles. The highest BCUT2D eigenvalue weighted by molar-refractivity contribution is 5.85. The summed E-state index contributed by atoms with van der Waals surface area (Å²) in [6.45, 7) is 3.48. The third-order valence-electron chi connectivity index (χ3n) is 3.03. The van der Waals surface area contributed by atoms with Crippen molar-refractivity contribution in [2.45, 2.75) is 38.8 Å². The molecular formula is C15H22ClF2N3O2. The van der Waals surface area contributed by atoms with Gasteiger partial charge in [0.05, 0.1) is 12.5 Å². The maximum Gasteiger partial charge on any atom is 0.222 e. The molecule has 1 aromatic rings. The second kappa shape index (κ2) is 10.1. The van der Waals surface area contributed by atoms with E-state index in [9.17, 15) is 18.4 Å². The van der Waals surface area contributed by atoms with E-state index in [0.29, 0.717) is 13.0 Å². The van der Waals surface area contributed by atoms with Gasteiger partial charge in [0.1, 0.15) is 11.6 Å². The number of nitrogens with two attached hydrogens (primary N) is 1. The molecule has 4 N–H and O–H groups in total. The van der Waals surface area contributed by atoms with Crippen molar-refractivity contribution in [3.63, 3.8) is 0 Å². The Morgan fingerprint density at radius 2 is 1.96 bits per heavy atom. The van der Waals surface area contributed by atoms with E-state index in [4.69, 9.17) is 5.73 Å². The number of carbonyl (C=O) groups is 2. The smallest absolute Gasteiger partial charge is 0.222 e. The molecule has 0 bridgehead atoms. The van der Waals surface area contributed by atoms with E-state index in [0.717, 1.165) is 12.1 Å². The Bertz CT molecular complexity index is 541. The highest BCUT2D eigenvalue weighted by atomic mass is 35.5. The quantitative estimate of drug-likeness (QED) is 0.702. The maximum atomic E-state index is 13.8. The van der Waals surface area contributed by atoms with Gasteiger partial charge in [-0.1, -0.05) is 6.07 Å². The van der Waals surface area contributed by atoms with Gasteiger partial charge in [0.25, 0.3) is 0 Å². The Kier molecular flexibility index (Phi) is 9.36. The van der Waals surface area contributed by atoms with Crippen LogP contribution in [0.1, 0.15) is 38.3 Å². The first-order chi connectivity index (χ1) is 10.3. The standard InChI is InChI=1S/C15H21F2N3O2.ClH/c1-9(18)5-6-19-15(22)8-14(20-10(2)21)12-4-3-11(16)7-13(12)17;/h3-4,7,9,14H,5-6,8,18H2,1-2H3,(H,19,22)(H,20,21);1H. The van der Waals surface area contributed by atoms with Crippen LogP contribution in [-0.4, -0.2) is 24.4 Å². The Morgan fingerprint density at radius 3 is 2.48 bits per heavy atom. The lowest BCUT2D eigenvalue weighted by molar-refractivity contribution is -0.122. The van der Waals surface area contributed by atoms with E-state index in [1.807, 2.05) is 6.92 Å². The fraction of sp³-hybridized carbons (Fsp3) is 0.467. The second-order valence-corrected chi connectivity index (χ2v) is 5.24. The molecule has 0 heterocycles. The molecule has 0 aliphatic heterocycles. The summed E-state index contributed by atoms with van der Waals surface area (Å²) >= 11 is 0. The number of carbonyl (C=O) groups excluding carboxylic acids is 2. The average molecular weight is 350 g/mol. The van der Waals surface area contributed by atoms with E-state index >= 15 is 0 Å². The number of halogens is 3. The zero-order valence-corrected chi connectivity index (χ0v) is 13.9. The predicted octanol–water partition coefficient (Wildman–Crippen LogP) is 1.81. The minimum absolute atomic E-state index is 0. The molecule has 5 nitrogen and oxygen atoms in total. The number of nitrogens with one attached hydrogen (secondary N) is 2. The SMILES string of the molecule is CC(=O)NC(CC(=O)NCCC(C)N)c1ccc(F)cc1F.Cl. The van der Waals surface area contributed by atoms with Crippen LogP contribution in [0.4, 0.5) is 8.78 Å². The molecule has 0 spiro atoms. The van der Waals surface area contributed by atoms with Crippen molar-refractivity contribution in [2.24, 2.45) is 5.73 Å². The predicted molar refractivity (Wildman–Crippen MR) is 86.1 cm³/mol. The molecule has 0 aliphatic carbocycles. The molecule has 2 amide bonds. The normalized spacial score (nSPS) is 12.7.